The van der Waals surface area contributed by atoms with E-state index in [1.54, 1.807) is 24.3 Å². The van der Waals surface area contributed by atoms with E-state index in [9.17, 15) is 22.0 Å². The Bertz CT molecular complexity index is 1180. The number of carbonyl (C=O) groups is 1. The Morgan fingerprint density at radius 1 is 0.935 bits per heavy atom. The Morgan fingerprint density at radius 2 is 1.58 bits per heavy atom. The lowest BCUT2D eigenvalue weighted by atomic mass is 9.99. The summed E-state index contributed by atoms with van der Waals surface area (Å²) in [4.78, 5) is 11.7. The highest BCUT2D eigenvalue weighted by Gasteiger charge is 2.22. The first-order valence-electron chi connectivity index (χ1n) is 9.43. The van der Waals surface area contributed by atoms with Crippen molar-refractivity contribution in [1.29, 1.82) is 0 Å². The summed E-state index contributed by atoms with van der Waals surface area (Å²) in [6.45, 7) is 0. The number of sulfonamides is 1. The summed E-state index contributed by atoms with van der Waals surface area (Å²) in [7, 11) is -2.65. The summed E-state index contributed by atoms with van der Waals surface area (Å²) in [5.41, 5.74) is 1.59. The summed E-state index contributed by atoms with van der Waals surface area (Å²) in [6, 6.07) is 16.7. The number of rotatable bonds is 8. The van der Waals surface area contributed by atoms with Gasteiger partial charge < -0.3 is 4.74 Å². The molecular formula is C23H21F2NO4S. The molecule has 0 saturated carbocycles. The molecule has 0 aliphatic heterocycles. The highest BCUT2D eigenvalue weighted by atomic mass is 32.2. The summed E-state index contributed by atoms with van der Waals surface area (Å²) in [5, 5.41) is 0. The van der Waals surface area contributed by atoms with E-state index in [1.807, 2.05) is 0 Å². The molecule has 1 atom stereocenters. The van der Waals surface area contributed by atoms with Gasteiger partial charge in [-0.1, -0.05) is 36.4 Å². The Kier molecular flexibility index (Phi) is 7.14. The highest BCUT2D eigenvalue weighted by Crippen LogP contribution is 2.22. The molecule has 0 bridgehead atoms. The number of methoxy groups -OCH3 is 1. The number of hydrogen-bond acceptors (Lipinski definition) is 4. The van der Waals surface area contributed by atoms with Crippen LogP contribution in [0.2, 0.25) is 0 Å². The third kappa shape index (κ3) is 6.44. The SMILES string of the molecule is COC(=O)c1cccc(CS(=O)(=O)NC(Cc2cccc(F)c2)c2cccc(F)c2)c1. The van der Waals surface area contributed by atoms with Crippen molar-refractivity contribution in [2.45, 2.75) is 18.2 Å². The van der Waals surface area contributed by atoms with Crippen molar-refractivity contribution < 1.29 is 26.7 Å². The van der Waals surface area contributed by atoms with Gasteiger partial charge in [0, 0.05) is 0 Å². The van der Waals surface area contributed by atoms with Gasteiger partial charge in [-0.15, -0.1) is 0 Å². The Hall–Kier alpha value is -3.10. The molecule has 1 unspecified atom stereocenters. The quantitative estimate of drug-likeness (QED) is 0.529. The van der Waals surface area contributed by atoms with Crippen molar-refractivity contribution in [2.24, 2.45) is 0 Å². The molecule has 3 aromatic carbocycles. The maximum atomic E-state index is 13.8. The van der Waals surface area contributed by atoms with Crippen LogP contribution in [0, 0.1) is 11.6 Å². The Balaban J connectivity index is 1.86. The van der Waals surface area contributed by atoms with Crippen LogP contribution in [0.5, 0.6) is 0 Å². The molecule has 0 spiro atoms. The van der Waals surface area contributed by atoms with E-state index in [-0.39, 0.29) is 12.0 Å². The second kappa shape index (κ2) is 9.80. The maximum absolute atomic E-state index is 13.8. The van der Waals surface area contributed by atoms with Gasteiger partial charge in [0.1, 0.15) is 11.6 Å². The third-order valence-electron chi connectivity index (χ3n) is 4.61. The lowest BCUT2D eigenvalue weighted by molar-refractivity contribution is 0.0600. The van der Waals surface area contributed by atoms with Crippen LogP contribution >= 0.6 is 0 Å². The van der Waals surface area contributed by atoms with Crippen LogP contribution in [0.25, 0.3) is 0 Å². The number of nitrogens with one attached hydrogen (secondary N) is 1. The number of carbonyl (C=O) groups excluding carboxylic acids is 1. The molecule has 0 heterocycles. The van der Waals surface area contributed by atoms with E-state index in [4.69, 9.17) is 0 Å². The van der Waals surface area contributed by atoms with E-state index < -0.39 is 39.4 Å². The standard InChI is InChI=1S/C23H21F2NO4S/c1-30-23(27)19-8-2-6-17(11-19)15-31(28,29)26-22(18-7-4-10-21(25)14-18)13-16-5-3-9-20(24)12-16/h2-12,14,22,26H,13,15H2,1H3. The van der Waals surface area contributed by atoms with Crippen LogP contribution in [0.1, 0.15) is 33.1 Å². The zero-order valence-corrected chi connectivity index (χ0v) is 17.5. The second-order valence-electron chi connectivity index (χ2n) is 7.01. The summed E-state index contributed by atoms with van der Waals surface area (Å²) < 4.78 is 60.4. The van der Waals surface area contributed by atoms with Crippen molar-refractivity contribution in [3.8, 4) is 0 Å². The molecule has 0 aliphatic rings. The van der Waals surface area contributed by atoms with Gasteiger partial charge in [0.15, 0.2) is 0 Å². The first-order chi connectivity index (χ1) is 14.8. The lowest BCUT2D eigenvalue weighted by Crippen LogP contribution is -2.31. The number of benzene rings is 3. The minimum atomic E-state index is -3.89. The van der Waals surface area contributed by atoms with E-state index >= 15 is 0 Å². The summed E-state index contributed by atoms with van der Waals surface area (Å²) in [5.74, 6) is -1.92. The third-order valence-corrected chi connectivity index (χ3v) is 5.96. The molecule has 3 aromatic rings. The van der Waals surface area contributed by atoms with Crippen LogP contribution in [0.4, 0.5) is 8.78 Å². The zero-order chi connectivity index (χ0) is 22.4. The van der Waals surface area contributed by atoms with Gasteiger partial charge in [-0.3, -0.25) is 0 Å². The molecule has 0 amide bonds. The molecule has 5 nitrogen and oxygen atoms in total. The van der Waals surface area contributed by atoms with Crippen LogP contribution in [-0.4, -0.2) is 21.5 Å². The Morgan fingerprint density at radius 3 is 2.26 bits per heavy atom. The van der Waals surface area contributed by atoms with E-state index in [0.717, 1.165) is 0 Å². The van der Waals surface area contributed by atoms with Crippen molar-refractivity contribution >= 4 is 16.0 Å². The monoisotopic (exact) mass is 445 g/mol. The topological polar surface area (TPSA) is 72.5 Å². The van der Waals surface area contributed by atoms with Gasteiger partial charge in [0.2, 0.25) is 10.0 Å². The molecule has 3 rings (SSSR count). The number of halogens is 2. The first-order valence-corrected chi connectivity index (χ1v) is 11.1. The van der Waals surface area contributed by atoms with Crippen LogP contribution in [0.3, 0.4) is 0 Å². The maximum Gasteiger partial charge on any atom is 0.337 e. The summed E-state index contributed by atoms with van der Waals surface area (Å²) in [6.07, 6.45) is 0.128. The minimum absolute atomic E-state index is 0.128. The fraction of sp³-hybridized carbons (Fsp3) is 0.174. The van der Waals surface area contributed by atoms with Gasteiger partial charge in [0.25, 0.3) is 0 Å². The molecule has 0 aliphatic carbocycles. The minimum Gasteiger partial charge on any atom is -0.465 e. The van der Waals surface area contributed by atoms with Crippen molar-refractivity contribution in [1.82, 2.24) is 4.72 Å². The fourth-order valence-corrected chi connectivity index (χ4v) is 4.59. The summed E-state index contributed by atoms with van der Waals surface area (Å²) >= 11 is 0. The zero-order valence-electron chi connectivity index (χ0n) is 16.7. The van der Waals surface area contributed by atoms with Gasteiger partial charge >= 0.3 is 5.97 Å². The second-order valence-corrected chi connectivity index (χ2v) is 8.76. The van der Waals surface area contributed by atoms with Crippen molar-refractivity contribution in [3.63, 3.8) is 0 Å². The molecular weight excluding hydrogens is 424 g/mol. The smallest absolute Gasteiger partial charge is 0.337 e. The average Bonchev–Trinajstić information content (AvgIpc) is 2.72. The number of hydrogen-bond donors (Lipinski definition) is 1. The van der Waals surface area contributed by atoms with E-state index in [2.05, 4.69) is 9.46 Å². The van der Waals surface area contributed by atoms with Gasteiger partial charge in [-0.25, -0.2) is 26.7 Å². The number of ether oxygens (including phenoxy) is 1. The number of esters is 1. The predicted molar refractivity (Wildman–Crippen MR) is 113 cm³/mol. The highest BCUT2D eigenvalue weighted by molar-refractivity contribution is 7.88. The van der Waals surface area contributed by atoms with E-state index in [0.29, 0.717) is 16.7 Å². The molecule has 8 heteroatoms. The predicted octanol–water partition coefficient (Wildman–Crippen LogP) is 4.15. The lowest BCUT2D eigenvalue weighted by Gasteiger charge is -2.20. The van der Waals surface area contributed by atoms with Gasteiger partial charge in [-0.2, -0.15) is 0 Å². The average molecular weight is 445 g/mol. The van der Waals surface area contributed by atoms with Crippen LogP contribution < -0.4 is 4.72 Å². The molecule has 31 heavy (non-hydrogen) atoms. The van der Waals surface area contributed by atoms with Gasteiger partial charge in [-0.05, 0) is 59.5 Å². The van der Waals surface area contributed by atoms with Crippen LogP contribution in [-0.2, 0) is 26.9 Å². The van der Waals surface area contributed by atoms with Gasteiger partial charge in [0.05, 0.1) is 24.5 Å². The van der Waals surface area contributed by atoms with Crippen molar-refractivity contribution in [3.05, 3.63) is 107 Å². The molecule has 0 radical (unpaired) electrons. The fourth-order valence-electron chi connectivity index (χ4n) is 3.23. The molecule has 1 N–H and O–H groups in total. The van der Waals surface area contributed by atoms with Crippen LogP contribution in [0.15, 0.2) is 72.8 Å². The normalized spacial score (nSPS) is 12.4. The molecule has 0 fully saturated rings. The molecule has 0 saturated heterocycles. The largest absolute Gasteiger partial charge is 0.465 e. The van der Waals surface area contributed by atoms with E-state index in [1.165, 1.54) is 55.6 Å². The molecule has 0 aromatic heterocycles. The van der Waals surface area contributed by atoms with Crippen molar-refractivity contribution in [2.75, 3.05) is 7.11 Å². The molecule has 162 valence electrons. The first kappa shape index (κ1) is 22.6. The Labute approximate surface area is 179 Å².